The number of hydrogen-bond acceptors (Lipinski definition) is 0. The smallest absolute Gasteiger partial charge is 0.0122 e. The first-order valence-electron chi connectivity index (χ1n) is 5.13. The maximum atomic E-state index is 2.47. The van der Waals surface area contributed by atoms with Gasteiger partial charge in [-0.05, 0) is 23.0 Å². The van der Waals surface area contributed by atoms with Crippen LogP contribution in [0.5, 0.6) is 0 Å². The fraction of sp³-hybridized carbons (Fsp3) is 0.538. The Hall–Kier alpha value is -0.0500. The zero-order chi connectivity index (χ0) is 10.8. The third-order valence-electron chi connectivity index (χ3n) is 2.34. The van der Waals surface area contributed by atoms with Crippen molar-refractivity contribution >= 4 is 22.6 Å². The van der Waals surface area contributed by atoms with E-state index in [9.17, 15) is 0 Å². The second kappa shape index (κ2) is 4.65. The highest BCUT2D eigenvalue weighted by molar-refractivity contribution is 14.1. The molecule has 0 aromatic heterocycles. The van der Waals surface area contributed by atoms with Crippen LogP contribution >= 0.6 is 22.6 Å². The molecule has 0 spiro atoms. The van der Waals surface area contributed by atoms with Crippen molar-refractivity contribution < 1.29 is 0 Å². The topological polar surface area (TPSA) is 0 Å². The Morgan fingerprint density at radius 3 is 2.00 bits per heavy atom. The van der Waals surface area contributed by atoms with Gasteiger partial charge < -0.3 is 0 Å². The van der Waals surface area contributed by atoms with Gasteiger partial charge >= 0.3 is 0 Å². The third-order valence-corrected chi connectivity index (χ3v) is 2.78. The quantitative estimate of drug-likeness (QED) is 0.563. The van der Waals surface area contributed by atoms with Gasteiger partial charge in [0.1, 0.15) is 0 Å². The van der Waals surface area contributed by atoms with Gasteiger partial charge in [0.25, 0.3) is 0 Å². The monoisotopic (exact) mass is 302 g/mol. The average molecular weight is 302 g/mol. The van der Waals surface area contributed by atoms with Crippen LogP contribution in [0.4, 0.5) is 0 Å². The van der Waals surface area contributed by atoms with Crippen LogP contribution in [0.2, 0.25) is 0 Å². The van der Waals surface area contributed by atoms with Crippen molar-refractivity contribution in [3.63, 3.8) is 0 Å². The molecule has 1 aromatic carbocycles. The number of alkyl halides is 1. The lowest BCUT2D eigenvalue weighted by molar-refractivity contribution is 0.590. The molecule has 0 radical (unpaired) electrons. The third kappa shape index (κ3) is 3.60. The molecule has 78 valence electrons. The highest BCUT2D eigenvalue weighted by Crippen LogP contribution is 2.22. The molecular weight excluding hydrogens is 283 g/mol. The van der Waals surface area contributed by atoms with Crippen LogP contribution < -0.4 is 0 Å². The van der Waals surface area contributed by atoms with Gasteiger partial charge in [0.2, 0.25) is 0 Å². The fourth-order valence-corrected chi connectivity index (χ4v) is 1.97. The van der Waals surface area contributed by atoms with Crippen molar-refractivity contribution in [1.82, 2.24) is 0 Å². The molecule has 0 heterocycles. The largest absolute Gasteiger partial charge is 0.0826 e. The predicted octanol–water partition coefficient (Wildman–Crippen LogP) is 4.35. The molecule has 0 saturated carbocycles. The Morgan fingerprint density at radius 2 is 1.64 bits per heavy atom. The van der Waals surface area contributed by atoms with Crippen LogP contribution in [0, 0.1) is 0 Å². The molecule has 0 aliphatic rings. The Balaban J connectivity index is 2.79. The van der Waals surface area contributed by atoms with Crippen molar-refractivity contribution in [2.24, 2.45) is 0 Å². The molecule has 0 saturated heterocycles. The molecule has 1 atom stereocenters. The van der Waals surface area contributed by atoms with Crippen molar-refractivity contribution in [2.45, 2.75) is 43.5 Å². The zero-order valence-electron chi connectivity index (χ0n) is 9.47. The Morgan fingerprint density at radius 1 is 1.14 bits per heavy atom. The summed E-state index contributed by atoms with van der Waals surface area (Å²) in [6.45, 7) is 9.01. The lowest BCUT2D eigenvalue weighted by Crippen LogP contribution is -2.10. The normalized spacial score (nSPS) is 14.1. The lowest BCUT2D eigenvalue weighted by atomic mass is 9.86. The SMILES string of the molecule is CC(I)Cc1ccc(C(C)(C)C)cc1. The Bertz CT molecular complexity index is 277. The Kier molecular flexibility index (Phi) is 3.99. The summed E-state index contributed by atoms with van der Waals surface area (Å²) in [5.74, 6) is 0. The molecule has 0 N–H and O–H groups in total. The summed E-state index contributed by atoms with van der Waals surface area (Å²) in [5, 5.41) is 0. The summed E-state index contributed by atoms with van der Waals surface area (Å²) in [4.78, 5) is 0. The molecule has 1 heteroatoms. The summed E-state index contributed by atoms with van der Waals surface area (Å²) >= 11 is 2.47. The molecule has 0 bridgehead atoms. The van der Waals surface area contributed by atoms with E-state index in [0.29, 0.717) is 3.92 Å². The van der Waals surface area contributed by atoms with Gasteiger partial charge in [-0.25, -0.2) is 0 Å². The first-order valence-corrected chi connectivity index (χ1v) is 6.37. The lowest BCUT2D eigenvalue weighted by Gasteiger charge is -2.19. The zero-order valence-corrected chi connectivity index (χ0v) is 11.6. The summed E-state index contributed by atoms with van der Waals surface area (Å²) in [7, 11) is 0. The van der Waals surface area contributed by atoms with E-state index in [0.717, 1.165) is 0 Å². The molecule has 1 rings (SSSR count). The molecule has 0 aliphatic carbocycles. The first-order chi connectivity index (χ1) is 6.39. The molecule has 0 nitrogen and oxygen atoms in total. The first kappa shape index (κ1) is 12.0. The van der Waals surface area contributed by atoms with E-state index in [-0.39, 0.29) is 5.41 Å². The summed E-state index contributed by atoms with van der Waals surface area (Å²) in [6, 6.07) is 9.04. The predicted molar refractivity (Wildman–Crippen MR) is 72.3 cm³/mol. The minimum absolute atomic E-state index is 0.272. The van der Waals surface area contributed by atoms with Crippen LogP contribution in [0.25, 0.3) is 0 Å². The van der Waals surface area contributed by atoms with Crippen LogP contribution in [0.3, 0.4) is 0 Å². The maximum absolute atomic E-state index is 2.47. The van der Waals surface area contributed by atoms with Crippen LogP contribution in [0.15, 0.2) is 24.3 Å². The minimum atomic E-state index is 0.272. The number of benzene rings is 1. The van der Waals surface area contributed by atoms with E-state index in [1.807, 2.05) is 0 Å². The van der Waals surface area contributed by atoms with Gasteiger partial charge in [-0.15, -0.1) is 0 Å². The van der Waals surface area contributed by atoms with E-state index in [1.54, 1.807) is 0 Å². The highest BCUT2D eigenvalue weighted by atomic mass is 127. The van der Waals surface area contributed by atoms with E-state index in [1.165, 1.54) is 17.5 Å². The summed E-state index contributed by atoms with van der Waals surface area (Å²) < 4.78 is 0.716. The van der Waals surface area contributed by atoms with Gasteiger partial charge in [0.05, 0.1) is 0 Å². The second-order valence-corrected chi connectivity index (χ2v) is 7.06. The van der Waals surface area contributed by atoms with E-state index in [4.69, 9.17) is 0 Å². The molecular formula is C13H19I. The van der Waals surface area contributed by atoms with Crippen molar-refractivity contribution in [3.05, 3.63) is 35.4 Å². The van der Waals surface area contributed by atoms with Crippen molar-refractivity contribution in [1.29, 1.82) is 0 Å². The van der Waals surface area contributed by atoms with Gasteiger partial charge in [-0.3, -0.25) is 0 Å². The van der Waals surface area contributed by atoms with E-state index in [2.05, 4.69) is 74.6 Å². The molecule has 1 aromatic rings. The summed E-state index contributed by atoms with van der Waals surface area (Å²) in [5.41, 5.74) is 3.14. The van der Waals surface area contributed by atoms with Gasteiger partial charge in [0.15, 0.2) is 0 Å². The molecule has 0 amide bonds. The van der Waals surface area contributed by atoms with Gasteiger partial charge in [0, 0.05) is 3.92 Å². The number of hydrogen-bond donors (Lipinski definition) is 0. The maximum Gasteiger partial charge on any atom is 0.0122 e. The average Bonchev–Trinajstić information content (AvgIpc) is 2.02. The second-order valence-electron chi connectivity index (χ2n) is 4.93. The van der Waals surface area contributed by atoms with Gasteiger partial charge in [-0.1, -0.05) is 74.6 Å². The van der Waals surface area contributed by atoms with Crippen LogP contribution in [-0.2, 0) is 11.8 Å². The van der Waals surface area contributed by atoms with Crippen molar-refractivity contribution in [3.8, 4) is 0 Å². The number of halogens is 1. The highest BCUT2D eigenvalue weighted by Gasteiger charge is 2.12. The van der Waals surface area contributed by atoms with Crippen molar-refractivity contribution in [2.75, 3.05) is 0 Å². The molecule has 0 aliphatic heterocycles. The molecule has 0 fully saturated rings. The van der Waals surface area contributed by atoms with E-state index >= 15 is 0 Å². The Labute approximate surface area is 101 Å². The van der Waals surface area contributed by atoms with Crippen LogP contribution in [-0.4, -0.2) is 3.92 Å². The summed E-state index contributed by atoms with van der Waals surface area (Å²) in [6.07, 6.45) is 1.17. The van der Waals surface area contributed by atoms with Crippen LogP contribution in [0.1, 0.15) is 38.8 Å². The molecule has 14 heavy (non-hydrogen) atoms. The minimum Gasteiger partial charge on any atom is -0.0826 e. The molecule has 1 unspecified atom stereocenters. The van der Waals surface area contributed by atoms with Gasteiger partial charge in [-0.2, -0.15) is 0 Å². The standard InChI is InChI=1S/C13H19I/c1-10(14)9-11-5-7-12(8-6-11)13(2,3)4/h5-8,10H,9H2,1-4H3. The van der Waals surface area contributed by atoms with E-state index < -0.39 is 0 Å². The number of rotatable bonds is 2. The fourth-order valence-electron chi connectivity index (χ4n) is 1.47.